The van der Waals surface area contributed by atoms with Crippen molar-refractivity contribution >= 4 is 22.5 Å². The van der Waals surface area contributed by atoms with Crippen LogP contribution in [0.3, 0.4) is 0 Å². The SMILES string of the molecule is O.O.O.OCC(O)C1[O][Sb][O]C1C(O)CO.[Na+]. The van der Waals surface area contributed by atoms with Gasteiger partial charge in [0.2, 0.25) is 0 Å². The summed E-state index contributed by atoms with van der Waals surface area (Å²) in [5, 5.41) is 35.8. The predicted octanol–water partition coefficient (Wildman–Crippen LogP) is -8.46. The summed E-state index contributed by atoms with van der Waals surface area (Å²) in [6, 6.07) is 0. The van der Waals surface area contributed by atoms with E-state index in [1.54, 1.807) is 0 Å². The van der Waals surface area contributed by atoms with Crippen LogP contribution in [0.25, 0.3) is 0 Å². The molecule has 0 aliphatic carbocycles. The largest absolute Gasteiger partial charge is 1.00 e. The van der Waals surface area contributed by atoms with Gasteiger partial charge in [0.1, 0.15) is 0 Å². The summed E-state index contributed by atoms with van der Waals surface area (Å²) in [5.74, 6) is 0. The number of aliphatic hydroxyl groups excluding tert-OH is 4. The van der Waals surface area contributed by atoms with Gasteiger partial charge >= 0.3 is 116 Å². The summed E-state index contributed by atoms with van der Waals surface area (Å²) in [7, 11) is 0. The molecule has 0 aromatic carbocycles. The molecule has 1 saturated heterocycles. The Bertz CT molecular complexity index is 148. The molecule has 1 aliphatic heterocycles. The Morgan fingerprint density at radius 3 is 1.41 bits per heavy atom. The minimum atomic E-state index is -1.29. The van der Waals surface area contributed by atoms with Gasteiger partial charge in [0.15, 0.2) is 0 Å². The summed E-state index contributed by atoms with van der Waals surface area (Å²) in [5.41, 5.74) is 0. The van der Waals surface area contributed by atoms with Crippen LogP contribution in [0.1, 0.15) is 0 Å². The second-order valence-corrected chi connectivity index (χ2v) is 4.34. The topological polar surface area (TPSA) is 194 Å². The molecular weight excluding hydrogens is 361 g/mol. The van der Waals surface area contributed by atoms with E-state index in [0.29, 0.717) is 0 Å². The Balaban J connectivity index is -0.000000211. The van der Waals surface area contributed by atoms with Crippen molar-refractivity contribution in [3.8, 4) is 0 Å². The Labute approximate surface area is 132 Å². The number of rotatable bonds is 4. The van der Waals surface area contributed by atoms with Crippen LogP contribution in [0.15, 0.2) is 0 Å². The summed E-state index contributed by atoms with van der Waals surface area (Å²) >= 11 is -1.29. The molecule has 0 aromatic rings. The predicted molar refractivity (Wildman–Crippen MR) is 52.5 cm³/mol. The second kappa shape index (κ2) is 13.9. The quantitative estimate of drug-likeness (QED) is 0.350. The third kappa shape index (κ3) is 7.58. The van der Waals surface area contributed by atoms with Crippen molar-refractivity contribution in [1.29, 1.82) is 0 Å². The van der Waals surface area contributed by atoms with Gasteiger partial charge in [0.25, 0.3) is 0 Å². The standard InChI is InChI=1S/C6H12O6.Na.3H2O.Sb/c7-1-3(9)5(11)6(12)4(10)2-8;;;;;/h3-10H,1-2H2;;3*1H2;/q-2;+1;;;;+2. The van der Waals surface area contributed by atoms with Gasteiger partial charge in [-0.1, -0.05) is 0 Å². The Morgan fingerprint density at radius 2 is 1.18 bits per heavy atom. The van der Waals surface area contributed by atoms with Crippen molar-refractivity contribution in [2.75, 3.05) is 13.2 Å². The maximum absolute atomic E-state index is 9.25. The average Bonchev–Trinajstić information content (AvgIpc) is 2.63. The van der Waals surface area contributed by atoms with Gasteiger partial charge in [-0.2, -0.15) is 0 Å². The molecule has 9 nitrogen and oxygen atoms in total. The van der Waals surface area contributed by atoms with Crippen LogP contribution in [-0.2, 0) is 6.03 Å². The fourth-order valence-corrected chi connectivity index (χ4v) is 3.23. The zero-order chi connectivity index (χ0) is 9.84. The first-order chi connectivity index (χ1) is 6.20. The molecule has 0 spiro atoms. The fourth-order valence-electron chi connectivity index (χ4n) is 1.03. The van der Waals surface area contributed by atoms with Gasteiger partial charge < -0.3 is 16.4 Å². The van der Waals surface area contributed by atoms with Crippen molar-refractivity contribution < 1.29 is 72.4 Å². The normalized spacial score (nSPS) is 25.4. The first-order valence-electron chi connectivity index (χ1n) is 3.80. The van der Waals surface area contributed by atoms with Crippen molar-refractivity contribution in [2.45, 2.75) is 24.4 Å². The van der Waals surface area contributed by atoms with E-state index in [4.69, 9.17) is 16.2 Å². The van der Waals surface area contributed by atoms with Crippen LogP contribution in [-0.4, -0.2) is 96.9 Å². The molecule has 1 fully saturated rings. The number of hydrogen-bond acceptors (Lipinski definition) is 6. The first kappa shape index (κ1) is 26.9. The van der Waals surface area contributed by atoms with Crippen LogP contribution >= 0.6 is 0 Å². The van der Waals surface area contributed by atoms with Crippen molar-refractivity contribution in [3.63, 3.8) is 0 Å². The minimum Gasteiger partial charge on any atom is 1.00 e. The average molecular weight is 379 g/mol. The van der Waals surface area contributed by atoms with E-state index in [2.05, 4.69) is 0 Å². The molecule has 1 aliphatic rings. The molecule has 1 rings (SSSR count). The van der Waals surface area contributed by atoms with E-state index in [-0.39, 0.29) is 46.0 Å². The van der Waals surface area contributed by atoms with Gasteiger partial charge in [-0.15, -0.1) is 0 Å². The van der Waals surface area contributed by atoms with Gasteiger partial charge in [-0.05, 0) is 0 Å². The second-order valence-electron chi connectivity index (χ2n) is 2.71. The summed E-state index contributed by atoms with van der Waals surface area (Å²) in [4.78, 5) is 0. The van der Waals surface area contributed by atoms with Crippen LogP contribution in [0.5, 0.6) is 0 Å². The third-order valence-corrected chi connectivity index (χ3v) is 3.67. The zero-order valence-corrected chi connectivity index (χ0v) is 13.8. The van der Waals surface area contributed by atoms with Crippen LogP contribution in [0, 0.1) is 0 Å². The van der Waals surface area contributed by atoms with E-state index in [0.717, 1.165) is 0 Å². The van der Waals surface area contributed by atoms with Gasteiger partial charge in [-0.3, -0.25) is 0 Å². The summed E-state index contributed by atoms with van der Waals surface area (Å²) < 4.78 is 10.2. The number of hydrogen-bond donors (Lipinski definition) is 4. The molecule has 10 N–H and O–H groups in total. The van der Waals surface area contributed by atoms with E-state index in [9.17, 15) is 10.2 Å². The molecule has 1 heterocycles. The van der Waals surface area contributed by atoms with Crippen LogP contribution < -0.4 is 29.6 Å². The van der Waals surface area contributed by atoms with E-state index in [1.807, 2.05) is 0 Å². The van der Waals surface area contributed by atoms with Gasteiger partial charge in [0.05, 0.1) is 0 Å². The van der Waals surface area contributed by atoms with Crippen molar-refractivity contribution in [1.82, 2.24) is 0 Å². The fraction of sp³-hybridized carbons (Fsp3) is 1.00. The Morgan fingerprint density at radius 1 is 0.882 bits per heavy atom. The molecule has 17 heavy (non-hydrogen) atoms. The van der Waals surface area contributed by atoms with Crippen molar-refractivity contribution in [2.24, 2.45) is 0 Å². The van der Waals surface area contributed by atoms with Gasteiger partial charge in [-0.25, -0.2) is 0 Å². The molecule has 101 valence electrons. The molecule has 11 heteroatoms. The molecule has 0 aromatic heterocycles. The maximum atomic E-state index is 9.25. The Hall–Kier alpha value is 1.46. The molecular formula is C6H18NaO9Sb+. The van der Waals surface area contributed by atoms with E-state index >= 15 is 0 Å². The molecule has 0 saturated carbocycles. The molecule has 1 radical (unpaired) electrons. The van der Waals surface area contributed by atoms with E-state index < -0.39 is 60.1 Å². The maximum Gasteiger partial charge on any atom is 1.00 e. The van der Waals surface area contributed by atoms with Crippen LogP contribution in [0.2, 0.25) is 0 Å². The molecule has 4 atom stereocenters. The van der Waals surface area contributed by atoms with Crippen LogP contribution in [0.4, 0.5) is 0 Å². The van der Waals surface area contributed by atoms with E-state index in [1.165, 1.54) is 0 Å². The smallest absolute Gasteiger partial charge is 1.00 e. The third-order valence-electron chi connectivity index (χ3n) is 1.79. The zero-order valence-electron chi connectivity index (χ0n) is 9.28. The number of aliphatic hydroxyl groups is 4. The monoisotopic (exact) mass is 378 g/mol. The Kier molecular flexibility index (Phi) is 22.0. The van der Waals surface area contributed by atoms with Crippen molar-refractivity contribution in [3.05, 3.63) is 0 Å². The van der Waals surface area contributed by atoms with Gasteiger partial charge in [0, 0.05) is 0 Å². The minimum absolute atomic E-state index is 0. The molecule has 4 unspecified atom stereocenters. The first-order valence-corrected chi connectivity index (χ1v) is 5.89. The summed E-state index contributed by atoms with van der Waals surface area (Å²) in [6.07, 6.45) is -3.57. The molecule has 0 amide bonds. The molecule has 0 bridgehead atoms. The summed E-state index contributed by atoms with van der Waals surface area (Å²) in [6.45, 7) is -0.891.